The summed E-state index contributed by atoms with van der Waals surface area (Å²) in [5, 5.41) is 3.42. The molecule has 0 saturated carbocycles. The normalized spacial score (nSPS) is 10.9. The summed E-state index contributed by atoms with van der Waals surface area (Å²) in [7, 11) is 6.75. The lowest BCUT2D eigenvalue weighted by Gasteiger charge is -2.20. The molecule has 0 spiro atoms. The van der Waals surface area contributed by atoms with Crippen LogP contribution in [0, 0.1) is 0 Å². The SMILES string of the molecule is CN(C)c1cc2c(cc1NC(=O)c1ccc(Cl)cc1)n(C)c(=O)c(=O)n2C. The van der Waals surface area contributed by atoms with E-state index in [0.29, 0.717) is 33.0 Å². The molecule has 1 amide bonds. The minimum Gasteiger partial charge on any atom is -0.376 e. The first kappa shape index (κ1) is 18.7. The smallest absolute Gasteiger partial charge is 0.316 e. The Labute approximate surface area is 160 Å². The topological polar surface area (TPSA) is 76.3 Å². The van der Waals surface area contributed by atoms with E-state index in [9.17, 15) is 14.4 Å². The third kappa shape index (κ3) is 3.33. The number of benzene rings is 2. The number of amides is 1. The monoisotopic (exact) mass is 386 g/mol. The largest absolute Gasteiger partial charge is 0.376 e. The highest BCUT2D eigenvalue weighted by Crippen LogP contribution is 2.29. The van der Waals surface area contributed by atoms with Gasteiger partial charge >= 0.3 is 11.1 Å². The van der Waals surface area contributed by atoms with Crippen LogP contribution in [0.3, 0.4) is 0 Å². The van der Waals surface area contributed by atoms with Crippen LogP contribution < -0.4 is 21.3 Å². The zero-order valence-corrected chi connectivity index (χ0v) is 16.2. The molecule has 0 atom stereocenters. The number of carbonyl (C=O) groups is 1. The standard InChI is InChI=1S/C19H19ClN4O3/c1-22(2)14-10-16-15(23(3)18(26)19(27)24(16)4)9-13(14)21-17(25)11-5-7-12(20)8-6-11/h5-10H,1-4H3,(H,21,25). The van der Waals surface area contributed by atoms with Gasteiger partial charge in [-0.25, -0.2) is 0 Å². The first-order chi connectivity index (χ1) is 12.7. The van der Waals surface area contributed by atoms with E-state index in [2.05, 4.69) is 5.32 Å². The zero-order valence-electron chi connectivity index (χ0n) is 15.4. The molecular weight excluding hydrogens is 368 g/mol. The molecule has 0 saturated heterocycles. The van der Waals surface area contributed by atoms with Crippen LogP contribution in [-0.2, 0) is 14.1 Å². The van der Waals surface area contributed by atoms with Gasteiger partial charge in [0.15, 0.2) is 0 Å². The van der Waals surface area contributed by atoms with Crippen LogP contribution in [-0.4, -0.2) is 29.1 Å². The van der Waals surface area contributed by atoms with Crippen LogP contribution >= 0.6 is 11.6 Å². The number of anilines is 2. The number of hydrogen-bond acceptors (Lipinski definition) is 4. The predicted molar refractivity (Wildman–Crippen MR) is 108 cm³/mol. The van der Waals surface area contributed by atoms with Crippen molar-refractivity contribution in [1.29, 1.82) is 0 Å². The lowest BCUT2D eigenvalue weighted by Crippen LogP contribution is -2.39. The van der Waals surface area contributed by atoms with Gasteiger partial charge in [-0.1, -0.05) is 11.6 Å². The van der Waals surface area contributed by atoms with Crippen LogP contribution in [0.25, 0.3) is 11.0 Å². The number of fused-ring (bicyclic) bond motifs is 1. The second-order valence-electron chi connectivity index (χ2n) is 6.44. The van der Waals surface area contributed by atoms with Crippen molar-refractivity contribution in [2.24, 2.45) is 14.1 Å². The first-order valence-corrected chi connectivity index (χ1v) is 8.56. The highest BCUT2D eigenvalue weighted by molar-refractivity contribution is 6.30. The Kier molecular flexibility index (Phi) is 4.80. The fourth-order valence-electron chi connectivity index (χ4n) is 2.87. The maximum atomic E-state index is 12.6. The summed E-state index contributed by atoms with van der Waals surface area (Å²) in [6, 6.07) is 10.0. The van der Waals surface area contributed by atoms with E-state index in [1.807, 2.05) is 19.0 Å². The van der Waals surface area contributed by atoms with Crippen molar-refractivity contribution in [2.45, 2.75) is 0 Å². The number of nitrogens with one attached hydrogen (secondary N) is 1. The molecule has 7 nitrogen and oxygen atoms in total. The van der Waals surface area contributed by atoms with Crippen LogP contribution in [0.2, 0.25) is 5.02 Å². The summed E-state index contributed by atoms with van der Waals surface area (Å²) in [5.41, 5.74) is 1.60. The molecule has 8 heteroatoms. The Hall–Kier alpha value is -3.06. The van der Waals surface area contributed by atoms with Crippen LogP contribution in [0.15, 0.2) is 46.0 Å². The van der Waals surface area contributed by atoms with Crippen LogP contribution in [0.5, 0.6) is 0 Å². The average Bonchev–Trinajstić information content (AvgIpc) is 2.64. The molecule has 0 aliphatic carbocycles. The summed E-state index contributed by atoms with van der Waals surface area (Å²) in [4.78, 5) is 38.7. The molecule has 27 heavy (non-hydrogen) atoms. The number of carbonyl (C=O) groups excluding carboxylic acids is 1. The summed E-state index contributed by atoms with van der Waals surface area (Å²) in [6.45, 7) is 0. The first-order valence-electron chi connectivity index (χ1n) is 8.18. The van der Waals surface area contributed by atoms with Gasteiger partial charge in [0.25, 0.3) is 5.91 Å². The Morgan fingerprint density at radius 1 is 0.963 bits per heavy atom. The van der Waals surface area contributed by atoms with Gasteiger partial charge in [-0.15, -0.1) is 0 Å². The van der Waals surface area contributed by atoms with Crippen LogP contribution in [0.4, 0.5) is 11.4 Å². The maximum absolute atomic E-state index is 12.6. The second-order valence-corrected chi connectivity index (χ2v) is 6.88. The van der Waals surface area contributed by atoms with E-state index in [0.717, 1.165) is 0 Å². The number of hydrogen-bond donors (Lipinski definition) is 1. The number of halogens is 1. The number of aryl methyl sites for hydroxylation is 2. The number of nitrogens with zero attached hydrogens (tertiary/aromatic N) is 3. The Morgan fingerprint density at radius 3 is 2.00 bits per heavy atom. The maximum Gasteiger partial charge on any atom is 0.316 e. The van der Waals surface area contributed by atoms with Gasteiger partial charge in [-0.05, 0) is 36.4 Å². The fourth-order valence-corrected chi connectivity index (χ4v) is 3.00. The Morgan fingerprint density at radius 2 is 1.48 bits per heavy atom. The summed E-state index contributed by atoms with van der Waals surface area (Å²) in [5.74, 6) is -0.302. The van der Waals surface area contributed by atoms with Crippen LogP contribution in [0.1, 0.15) is 10.4 Å². The van der Waals surface area contributed by atoms with E-state index in [1.54, 1.807) is 43.4 Å². The van der Waals surface area contributed by atoms with E-state index in [1.165, 1.54) is 16.2 Å². The van der Waals surface area contributed by atoms with Gasteiger partial charge in [0.1, 0.15) is 0 Å². The minimum absolute atomic E-state index is 0.302. The third-order valence-corrected chi connectivity index (χ3v) is 4.70. The van der Waals surface area contributed by atoms with E-state index in [-0.39, 0.29) is 5.91 Å². The minimum atomic E-state index is -0.627. The van der Waals surface area contributed by atoms with Crippen molar-refractivity contribution in [3.8, 4) is 0 Å². The highest BCUT2D eigenvalue weighted by atomic mass is 35.5. The molecular formula is C19H19ClN4O3. The molecule has 2 aromatic carbocycles. The quantitative estimate of drug-likeness (QED) is 0.700. The van der Waals surface area contributed by atoms with Crippen molar-refractivity contribution in [2.75, 3.05) is 24.3 Å². The molecule has 0 bridgehead atoms. The van der Waals surface area contributed by atoms with Gasteiger partial charge in [0.05, 0.1) is 22.4 Å². The van der Waals surface area contributed by atoms with E-state index >= 15 is 0 Å². The molecule has 3 aromatic rings. The van der Waals surface area contributed by atoms with Gasteiger partial charge < -0.3 is 19.4 Å². The zero-order chi connectivity index (χ0) is 19.9. The average molecular weight is 387 g/mol. The predicted octanol–water partition coefficient (Wildman–Crippen LogP) is 2.21. The number of aromatic nitrogens is 2. The summed E-state index contributed by atoms with van der Waals surface area (Å²) >= 11 is 5.87. The van der Waals surface area contributed by atoms with Crippen molar-refractivity contribution >= 4 is 39.9 Å². The molecule has 0 aliphatic heterocycles. The van der Waals surface area contributed by atoms with Crippen molar-refractivity contribution in [3.05, 3.63) is 67.7 Å². The van der Waals surface area contributed by atoms with E-state index in [4.69, 9.17) is 11.6 Å². The second kappa shape index (κ2) is 6.92. The van der Waals surface area contributed by atoms with Crippen molar-refractivity contribution < 1.29 is 4.79 Å². The number of rotatable bonds is 3. The molecule has 1 heterocycles. The lowest BCUT2D eigenvalue weighted by molar-refractivity contribution is 0.102. The van der Waals surface area contributed by atoms with Crippen molar-refractivity contribution in [1.82, 2.24) is 9.13 Å². The molecule has 140 valence electrons. The third-order valence-electron chi connectivity index (χ3n) is 4.44. The Balaban J connectivity index is 2.18. The fraction of sp³-hybridized carbons (Fsp3) is 0.211. The Bertz CT molecular complexity index is 1160. The molecule has 1 N–H and O–H groups in total. The molecule has 1 aromatic heterocycles. The molecule has 0 aliphatic rings. The summed E-state index contributed by atoms with van der Waals surface area (Å²) < 4.78 is 2.60. The highest BCUT2D eigenvalue weighted by Gasteiger charge is 2.16. The molecule has 0 unspecified atom stereocenters. The van der Waals surface area contributed by atoms with Gasteiger partial charge in [0.2, 0.25) is 0 Å². The van der Waals surface area contributed by atoms with E-state index < -0.39 is 11.1 Å². The van der Waals surface area contributed by atoms with Gasteiger partial charge in [-0.2, -0.15) is 0 Å². The molecule has 3 rings (SSSR count). The van der Waals surface area contributed by atoms with Gasteiger partial charge in [-0.3, -0.25) is 14.4 Å². The molecule has 0 fully saturated rings. The van der Waals surface area contributed by atoms with Crippen molar-refractivity contribution in [3.63, 3.8) is 0 Å². The lowest BCUT2D eigenvalue weighted by atomic mass is 10.1. The summed E-state index contributed by atoms with van der Waals surface area (Å²) in [6.07, 6.45) is 0. The molecule has 0 radical (unpaired) electrons. The van der Waals surface area contributed by atoms with Gasteiger partial charge in [0, 0.05) is 38.8 Å².